The normalized spacial score (nSPS) is 12.7. The minimum atomic E-state index is -0.400. The number of carbonyl (C=O) groups is 1. The Morgan fingerprint density at radius 2 is 1.68 bits per heavy atom. The number of ether oxygens (including phenoxy) is 2. The topological polar surface area (TPSA) is 103 Å². The smallest absolute Gasteiger partial charge is 0.287 e. The van der Waals surface area contributed by atoms with Crippen LogP contribution in [0.1, 0.15) is 73.2 Å². The Hall–Kier alpha value is -4.07. The van der Waals surface area contributed by atoms with Crippen LogP contribution in [-0.2, 0) is 12.8 Å². The molecule has 0 radical (unpaired) electrons. The summed E-state index contributed by atoms with van der Waals surface area (Å²) in [5.74, 6) is 0.410. The lowest BCUT2D eigenvalue weighted by molar-refractivity contribution is 0.0925. The van der Waals surface area contributed by atoms with Crippen LogP contribution in [-0.4, -0.2) is 38.2 Å². The van der Waals surface area contributed by atoms with E-state index < -0.39 is 5.91 Å². The first-order valence-corrected chi connectivity index (χ1v) is 14.7. The van der Waals surface area contributed by atoms with Gasteiger partial charge in [-0.05, 0) is 50.2 Å². The maximum absolute atomic E-state index is 12.6. The fourth-order valence-electron chi connectivity index (χ4n) is 5.65. The molecule has 0 saturated carbocycles. The van der Waals surface area contributed by atoms with Crippen molar-refractivity contribution in [3.63, 3.8) is 0 Å². The van der Waals surface area contributed by atoms with Crippen LogP contribution in [0.25, 0.3) is 21.9 Å². The second-order valence-electron chi connectivity index (χ2n) is 10.6. The van der Waals surface area contributed by atoms with Crippen molar-refractivity contribution in [2.75, 3.05) is 32.6 Å². The number of nitrogens with one attached hydrogen (secondary N) is 2. The van der Waals surface area contributed by atoms with Crippen molar-refractivity contribution < 1.29 is 18.7 Å². The minimum Gasteiger partial charge on any atom is -0.496 e. The number of carbonyl (C=O) groups excluding carboxylic acids is 1. The van der Waals surface area contributed by atoms with E-state index in [-0.39, 0.29) is 22.2 Å². The molecule has 4 aromatic rings. The first kappa shape index (κ1) is 28.5. The van der Waals surface area contributed by atoms with Crippen LogP contribution in [0.2, 0.25) is 0 Å². The maximum Gasteiger partial charge on any atom is 0.287 e. The zero-order valence-electron chi connectivity index (χ0n) is 24.0. The van der Waals surface area contributed by atoms with E-state index >= 15 is 0 Å². The van der Waals surface area contributed by atoms with Gasteiger partial charge in [0.05, 0.1) is 19.7 Å². The highest BCUT2D eigenvalue weighted by Gasteiger charge is 2.18. The fourth-order valence-corrected chi connectivity index (χ4v) is 5.65. The van der Waals surface area contributed by atoms with Crippen LogP contribution in [0.4, 0.5) is 5.69 Å². The van der Waals surface area contributed by atoms with Gasteiger partial charge in [-0.1, -0.05) is 43.9 Å². The van der Waals surface area contributed by atoms with Crippen LogP contribution < -0.4 is 25.5 Å². The first-order valence-electron chi connectivity index (χ1n) is 14.7. The van der Waals surface area contributed by atoms with Gasteiger partial charge in [0.25, 0.3) is 5.91 Å². The van der Waals surface area contributed by atoms with E-state index in [4.69, 9.17) is 18.9 Å². The largest absolute Gasteiger partial charge is 0.496 e. The number of aryl methyl sites for hydroxylation is 1. The summed E-state index contributed by atoms with van der Waals surface area (Å²) in [4.78, 5) is 30.2. The van der Waals surface area contributed by atoms with Crippen LogP contribution in [0, 0.1) is 0 Å². The first-order chi connectivity index (χ1) is 20.1. The third-order valence-electron chi connectivity index (χ3n) is 7.81. The fraction of sp³-hybridized carbons (Fsp3) is 0.424. The second kappa shape index (κ2) is 13.5. The zero-order chi connectivity index (χ0) is 28.6. The van der Waals surface area contributed by atoms with Gasteiger partial charge in [0.15, 0.2) is 11.2 Å². The highest BCUT2D eigenvalue weighted by Crippen LogP contribution is 2.33. The van der Waals surface area contributed by atoms with Crippen molar-refractivity contribution in [2.24, 2.45) is 0 Å². The van der Waals surface area contributed by atoms with Crippen molar-refractivity contribution in [1.82, 2.24) is 10.3 Å². The summed E-state index contributed by atoms with van der Waals surface area (Å²) in [6, 6.07) is 12.9. The molecule has 1 amide bonds. The molecule has 8 heteroatoms. The van der Waals surface area contributed by atoms with E-state index in [1.54, 1.807) is 12.1 Å². The Morgan fingerprint density at radius 1 is 0.927 bits per heavy atom. The highest BCUT2D eigenvalue weighted by atomic mass is 16.5. The number of methoxy groups -OCH3 is 2. The zero-order valence-corrected chi connectivity index (χ0v) is 24.0. The molecule has 8 nitrogen and oxygen atoms in total. The number of benzene rings is 2. The van der Waals surface area contributed by atoms with Crippen molar-refractivity contribution in [1.29, 1.82) is 0 Å². The Morgan fingerprint density at radius 3 is 2.49 bits per heavy atom. The molecule has 1 aliphatic rings. The summed E-state index contributed by atoms with van der Waals surface area (Å²) in [7, 11) is 2.99. The Bertz CT molecular complexity index is 1580. The van der Waals surface area contributed by atoms with Gasteiger partial charge in [0.1, 0.15) is 22.5 Å². The van der Waals surface area contributed by atoms with Crippen molar-refractivity contribution in [3.05, 3.63) is 69.7 Å². The van der Waals surface area contributed by atoms with Gasteiger partial charge in [-0.2, -0.15) is 0 Å². The van der Waals surface area contributed by atoms with E-state index in [0.29, 0.717) is 18.0 Å². The molecule has 2 aromatic carbocycles. The summed E-state index contributed by atoms with van der Waals surface area (Å²) in [6.45, 7) is 1.50. The molecular formula is C33H39N3O5. The molecule has 2 heterocycles. The highest BCUT2D eigenvalue weighted by molar-refractivity contribution is 5.95. The molecular weight excluding hydrogens is 518 g/mol. The van der Waals surface area contributed by atoms with Crippen LogP contribution in [0.15, 0.2) is 51.7 Å². The molecule has 41 heavy (non-hydrogen) atoms. The minimum absolute atomic E-state index is 0.0199. The molecule has 0 bridgehead atoms. The van der Waals surface area contributed by atoms with Crippen LogP contribution >= 0.6 is 0 Å². The number of pyridine rings is 1. The summed E-state index contributed by atoms with van der Waals surface area (Å²) >= 11 is 0. The molecule has 0 unspecified atom stereocenters. The molecule has 0 fully saturated rings. The molecule has 2 N–H and O–H groups in total. The van der Waals surface area contributed by atoms with E-state index in [0.717, 1.165) is 57.0 Å². The number of nitrogens with zero attached hydrogens (tertiary/aromatic N) is 1. The van der Waals surface area contributed by atoms with Gasteiger partial charge in [0.2, 0.25) is 0 Å². The van der Waals surface area contributed by atoms with E-state index in [2.05, 4.69) is 34.9 Å². The number of rotatable bonds is 13. The van der Waals surface area contributed by atoms with E-state index in [1.807, 2.05) is 0 Å². The Kier molecular flexibility index (Phi) is 9.39. The summed E-state index contributed by atoms with van der Waals surface area (Å²) < 4.78 is 16.3. The summed E-state index contributed by atoms with van der Waals surface area (Å²) in [6.07, 6.45) is 11.1. The van der Waals surface area contributed by atoms with Gasteiger partial charge < -0.3 is 24.5 Å². The van der Waals surface area contributed by atoms with Gasteiger partial charge in [-0.15, -0.1) is 0 Å². The standard InChI is InChI=1S/C33H39N3O5/c1-39-22-19-28(40-2)31-27(37)21-30(41-29(31)20-22)33(38)35-18-12-6-4-3-5-11-17-34-32-23-13-7-9-15-25(23)36-26-16-10-8-14-24(26)32/h7,9,13,15,19-21H,3-6,8,10-12,14,16-18H2,1-2H3,(H,34,36)(H,35,38). The lowest BCUT2D eigenvalue weighted by atomic mass is 9.92. The monoisotopic (exact) mass is 557 g/mol. The SMILES string of the molecule is COc1cc(OC)c2c(=O)cc(C(=O)NCCCCCCCCNc3c4c(nc5ccccc35)CCCC4)oc2c1. The maximum atomic E-state index is 12.6. The molecule has 2 aromatic heterocycles. The van der Waals surface area contributed by atoms with Crippen LogP contribution in [0.3, 0.4) is 0 Å². The molecule has 216 valence electrons. The number of hydrogen-bond donors (Lipinski definition) is 2. The summed E-state index contributed by atoms with van der Waals surface area (Å²) in [5.41, 5.74) is 4.99. The van der Waals surface area contributed by atoms with Crippen molar-refractivity contribution in [3.8, 4) is 11.5 Å². The number of aromatic nitrogens is 1. The molecule has 0 spiro atoms. The molecule has 0 aliphatic heterocycles. The molecule has 0 saturated heterocycles. The lowest BCUT2D eigenvalue weighted by Gasteiger charge is -2.21. The average Bonchev–Trinajstić information content (AvgIpc) is 3.00. The van der Waals surface area contributed by atoms with Crippen molar-refractivity contribution in [2.45, 2.75) is 64.2 Å². The Labute approximate surface area is 240 Å². The predicted octanol–water partition coefficient (Wildman–Crippen LogP) is 6.42. The number of hydrogen-bond acceptors (Lipinski definition) is 7. The van der Waals surface area contributed by atoms with Gasteiger partial charge in [-0.3, -0.25) is 14.6 Å². The van der Waals surface area contributed by atoms with Crippen molar-refractivity contribution >= 4 is 33.5 Å². The number of anilines is 1. The van der Waals surface area contributed by atoms with E-state index in [9.17, 15) is 9.59 Å². The van der Waals surface area contributed by atoms with Gasteiger partial charge in [0, 0.05) is 48.1 Å². The van der Waals surface area contributed by atoms with E-state index in [1.165, 1.54) is 61.9 Å². The second-order valence-corrected chi connectivity index (χ2v) is 10.6. The summed E-state index contributed by atoms with van der Waals surface area (Å²) in [5, 5.41) is 8.14. The van der Waals surface area contributed by atoms with Gasteiger partial charge in [-0.25, -0.2) is 0 Å². The van der Waals surface area contributed by atoms with Crippen LogP contribution in [0.5, 0.6) is 11.5 Å². The number of para-hydroxylation sites is 1. The average molecular weight is 558 g/mol. The number of unbranched alkanes of at least 4 members (excludes halogenated alkanes) is 5. The number of fused-ring (bicyclic) bond motifs is 3. The lowest BCUT2D eigenvalue weighted by Crippen LogP contribution is -2.25. The molecule has 1 aliphatic carbocycles. The third-order valence-corrected chi connectivity index (χ3v) is 7.81. The number of amides is 1. The predicted molar refractivity (Wildman–Crippen MR) is 162 cm³/mol. The quantitative estimate of drug-likeness (QED) is 0.183. The third kappa shape index (κ3) is 6.64. The molecule has 5 rings (SSSR count). The van der Waals surface area contributed by atoms with Gasteiger partial charge >= 0.3 is 0 Å². The molecule has 0 atom stereocenters. The Balaban J connectivity index is 1.03.